The minimum atomic E-state index is -1.11. The Balaban J connectivity index is 0.644. The van der Waals surface area contributed by atoms with Crippen LogP contribution in [0.2, 0.25) is 0 Å². The number of carbonyl (C=O) groups excluding carboxylic acids is 6. The Kier molecular flexibility index (Phi) is 13.4. The highest BCUT2D eigenvalue weighted by Gasteiger charge is 2.52. The number of nitrogens with one attached hydrogen (secondary N) is 2. The summed E-state index contributed by atoms with van der Waals surface area (Å²) in [5, 5.41) is 7.32. The molecule has 8 aliphatic heterocycles. The van der Waals surface area contributed by atoms with Crippen molar-refractivity contribution < 1.29 is 51.8 Å². The van der Waals surface area contributed by atoms with Crippen molar-refractivity contribution in [2.24, 2.45) is 0 Å². The van der Waals surface area contributed by atoms with Crippen LogP contribution in [0.1, 0.15) is 84.1 Å². The highest BCUT2D eigenvalue weighted by molar-refractivity contribution is 6.23. The van der Waals surface area contributed by atoms with Crippen molar-refractivity contribution >= 4 is 68.8 Å². The number of methoxy groups -OCH3 is 1. The molecular formula is C60H61F2N11O9. The zero-order valence-electron chi connectivity index (χ0n) is 45.4. The van der Waals surface area contributed by atoms with Gasteiger partial charge < -0.3 is 39.1 Å². The molecule has 0 aliphatic carbocycles. The summed E-state index contributed by atoms with van der Waals surface area (Å²) in [5.41, 5.74) is 0.805. The number of piperidine rings is 2. The van der Waals surface area contributed by atoms with E-state index in [4.69, 9.17) is 30.6 Å². The Bertz CT molecular complexity index is 3580. The van der Waals surface area contributed by atoms with Crippen LogP contribution in [0.15, 0.2) is 66.9 Å². The third kappa shape index (κ3) is 9.04. The van der Waals surface area contributed by atoms with Gasteiger partial charge in [0, 0.05) is 126 Å². The highest BCUT2D eigenvalue weighted by Crippen LogP contribution is 2.45. The van der Waals surface area contributed by atoms with Crippen LogP contribution in [0.25, 0.3) is 32.9 Å². The van der Waals surface area contributed by atoms with Crippen LogP contribution in [0.4, 0.5) is 25.1 Å². The second kappa shape index (κ2) is 20.7. The molecule has 20 nitrogen and oxygen atoms in total. The first-order chi connectivity index (χ1) is 39.6. The minimum absolute atomic E-state index is 0.00933. The average Bonchev–Trinajstić information content (AvgIpc) is 4.36. The molecule has 8 aliphatic rings. The summed E-state index contributed by atoms with van der Waals surface area (Å²) in [7, 11) is 1.53. The molecule has 0 spiro atoms. The fourth-order valence-corrected chi connectivity index (χ4v) is 14.1. The quantitative estimate of drug-likeness (QED) is 0.102. The largest absolute Gasteiger partial charge is 0.461 e. The number of amides is 6. The van der Waals surface area contributed by atoms with E-state index in [1.807, 2.05) is 4.90 Å². The van der Waals surface area contributed by atoms with Gasteiger partial charge in [-0.2, -0.15) is 9.97 Å². The molecule has 22 heteroatoms. The lowest BCUT2D eigenvalue weighted by Crippen LogP contribution is -2.60. The smallest absolute Gasteiger partial charge is 0.409 e. The maximum absolute atomic E-state index is 17.3. The Hall–Kier alpha value is -8.13. The molecular weight excluding hydrogens is 1060 g/mol. The monoisotopic (exact) mass is 1120 g/mol. The number of hydrogen-bond acceptors (Lipinski definition) is 16. The number of terminal acetylenes is 1. The van der Waals surface area contributed by atoms with Gasteiger partial charge in [0.15, 0.2) is 5.82 Å². The Morgan fingerprint density at radius 2 is 1.62 bits per heavy atom. The number of benzene rings is 3. The number of fused-ring (bicyclic) bond motifs is 6. The molecule has 2 bridgehead atoms. The van der Waals surface area contributed by atoms with Crippen molar-refractivity contribution in [1.82, 2.24) is 45.2 Å². The first kappa shape index (κ1) is 53.2. The van der Waals surface area contributed by atoms with Crippen molar-refractivity contribution in [2.45, 2.75) is 93.1 Å². The van der Waals surface area contributed by atoms with E-state index in [0.717, 1.165) is 29.7 Å². The summed E-state index contributed by atoms with van der Waals surface area (Å²) >= 11 is 0. The highest BCUT2D eigenvalue weighted by atomic mass is 19.1. The van der Waals surface area contributed by atoms with Crippen molar-refractivity contribution in [3.8, 4) is 29.6 Å². The fraction of sp³-hybridized carbons (Fsp3) is 0.450. The molecule has 0 radical (unpaired) electrons. The van der Waals surface area contributed by atoms with E-state index < -0.39 is 58.5 Å². The van der Waals surface area contributed by atoms with Gasteiger partial charge in [0.2, 0.25) is 11.8 Å². The first-order valence-electron chi connectivity index (χ1n) is 28.1. The number of halogens is 2. The van der Waals surface area contributed by atoms with E-state index in [2.05, 4.69) is 37.9 Å². The third-order valence-corrected chi connectivity index (χ3v) is 18.4. The number of ether oxygens (including phenoxy) is 3. The van der Waals surface area contributed by atoms with Crippen LogP contribution in [0.5, 0.6) is 6.01 Å². The molecule has 5 unspecified atom stereocenters. The van der Waals surface area contributed by atoms with E-state index in [-0.39, 0.29) is 110 Å². The maximum Gasteiger partial charge on any atom is 0.409 e. The molecule has 13 rings (SSSR count). The van der Waals surface area contributed by atoms with Crippen molar-refractivity contribution in [3.63, 3.8) is 0 Å². The zero-order valence-corrected chi connectivity index (χ0v) is 45.4. The predicted molar refractivity (Wildman–Crippen MR) is 296 cm³/mol. The van der Waals surface area contributed by atoms with Gasteiger partial charge in [0.25, 0.3) is 17.7 Å². The topological polar surface area (TPSA) is 212 Å². The summed E-state index contributed by atoms with van der Waals surface area (Å²) in [6.45, 7) is 8.50. The molecule has 82 heavy (non-hydrogen) atoms. The van der Waals surface area contributed by atoms with Crippen LogP contribution in [0.3, 0.4) is 0 Å². The molecule has 2 aromatic heterocycles. The van der Waals surface area contributed by atoms with Gasteiger partial charge in [-0.25, -0.2) is 13.6 Å². The van der Waals surface area contributed by atoms with Crippen LogP contribution in [-0.4, -0.2) is 185 Å². The van der Waals surface area contributed by atoms with Gasteiger partial charge in [-0.1, -0.05) is 42.3 Å². The summed E-state index contributed by atoms with van der Waals surface area (Å²) in [5.74, 6) is -0.772. The lowest BCUT2D eigenvalue weighted by atomic mass is 9.88. The second-order valence-corrected chi connectivity index (χ2v) is 23.0. The van der Waals surface area contributed by atoms with Crippen molar-refractivity contribution in [3.05, 3.63) is 95.2 Å². The number of piperazine rings is 2. The number of imide groups is 2. The van der Waals surface area contributed by atoms with Crippen LogP contribution in [-0.2, 0) is 23.9 Å². The van der Waals surface area contributed by atoms with Gasteiger partial charge in [0.1, 0.15) is 47.7 Å². The number of carbonyl (C=O) groups is 6. The van der Waals surface area contributed by atoms with Gasteiger partial charge in [-0.15, -0.1) is 6.42 Å². The molecule has 5 aromatic rings. The molecule has 7 saturated heterocycles. The molecule has 7 fully saturated rings. The summed E-state index contributed by atoms with van der Waals surface area (Å²) in [6.07, 6.45) is 11.8. The summed E-state index contributed by atoms with van der Waals surface area (Å²) in [6, 6.07) is 12.4. The van der Waals surface area contributed by atoms with Crippen molar-refractivity contribution in [1.29, 1.82) is 0 Å². The molecule has 3 aromatic carbocycles. The number of nitrogens with zero attached hydrogens (tertiary/aromatic N) is 9. The minimum Gasteiger partial charge on any atom is -0.461 e. The molecule has 0 saturated carbocycles. The molecule has 5 atom stereocenters. The van der Waals surface area contributed by atoms with Gasteiger partial charge in [-0.3, -0.25) is 44.1 Å². The number of pyridine rings is 1. The zero-order chi connectivity index (χ0) is 56.8. The van der Waals surface area contributed by atoms with E-state index in [1.165, 1.54) is 13.2 Å². The van der Waals surface area contributed by atoms with E-state index >= 15 is 8.78 Å². The maximum atomic E-state index is 17.3. The average molecular weight is 1120 g/mol. The summed E-state index contributed by atoms with van der Waals surface area (Å²) < 4.78 is 51.0. The van der Waals surface area contributed by atoms with E-state index in [9.17, 15) is 28.8 Å². The Labute approximate surface area is 471 Å². The van der Waals surface area contributed by atoms with Crippen LogP contribution in [0, 0.1) is 24.0 Å². The lowest BCUT2D eigenvalue weighted by molar-refractivity contribution is -0.159. The third-order valence-electron chi connectivity index (χ3n) is 18.4. The Morgan fingerprint density at radius 1 is 0.866 bits per heavy atom. The van der Waals surface area contributed by atoms with Crippen molar-refractivity contribution in [2.75, 3.05) is 89.0 Å². The fourth-order valence-electron chi connectivity index (χ4n) is 14.1. The normalized spacial score (nSPS) is 25.2. The number of anilines is 2. The molecule has 10 heterocycles. The van der Waals surface area contributed by atoms with E-state index in [1.54, 1.807) is 58.5 Å². The summed E-state index contributed by atoms with van der Waals surface area (Å²) in [4.78, 5) is 104. The lowest BCUT2D eigenvalue weighted by Gasteiger charge is -2.44. The molecule has 2 N–H and O–H groups in total. The van der Waals surface area contributed by atoms with Gasteiger partial charge >= 0.3 is 12.1 Å². The second-order valence-electron chi connectivity index (χ2n) is 23.0. The first-order valence-corrected chi connectivity index (χ1v) is 28.1. The SMILES string of the molecule is C#Cc1c(F)ccc2cccc(-c3ncc4c(N5CC6CCC(C5)N6)nc(OCC56CCC(COC(=O)N7CCN(C(=O)C8(OC)CCN(c9ccc%10c(c9)C(=O)N(C9CCC(=O)NC9=O)C%10=O)CC8)CC7)N5CC(=C)C6)nc4c3F)c12. The van der Waals surface area contributed by atoms with E-state index in [0.29, 0.717) is 91.6 Å². The molecule has 424 valence electrons. The van der Waals surface area contributed by atoms with Crippen LogP contribution < -0.4 is 25.2 Å². The predicted octanol–water partition coefficient (Wildman–Crippen LogP) is 4.95. The molecule has 6 amide bonds. The van der Waals surface area contributed by atoms with Crippen LogP contribution >= 0.6 is 0 Å². The number of aromatic nitrogens is 3. The van der Waals surface area contributed by atoms with Gasteiger partial charge in [0.05, 0.1) is 27.6 Å². The Morgan fingerprint density at radius 3 is 2.37 bits per heavy atom. The van der Waals surface area contributed by atoms with Gasteiger partial charge in [-0.05, 0) is 68.2 Å². The number of rotatable bonds is 11. The number of hydrogen-bond donors (Lipinski definition) is 2. The standard InChI is InChI=1S/C60H61F2N11O9/c1-4-40-45(61)13-8-35-6-5-7-42(48(35)40)50-49(62)51-44(28-63-50)52(71-30-36-9-10-37(31-71)64-36)67-57(66-51)82-33-59-17-16-39(72(59)29-34(2)27-59)32-81-58(79)70-24-22-69(23-25-70)56(78)60(80-3)18-20-68(21-19-60)38-11-12-41-43(26-38)55(77)73(54(41)76)46-14-15-47(74)65-53(46)75/h1,5-8,11-13,26,28,36-37,39,46,64H,2,9-10,14-25,27,29-33H2,3H3,(H,65,74,75).